The maximum atomic E-state index is 12.6. The van der Waals surface area contributed by atoms with Crippen LogP contribution in [-0.4, -0.2) is 39.9 Å². The van der Waals surface area contributed by atoms with Gasteiger partial charge in [0.05, 0.1) is 23.8 Å². The zero-order chi connectivity index (χ0) is 22.7. The Balaban J connectivity index is 1.61. The molecule has 1 heterocycles. The second-order valence-corrected chi connectivity index (χ2v) is 8.64. The van der Waals surface area contributed by atoms with E-state index in [-0.39, 0.29) is 36.9 Å². The minimum Gasteiger partial charge on any atom is -0.336 e. The molecular formula is C23H25BrN4O3. The van der Waals surface area contributed by atoms with E-state index in [2.05, 4.69) is 26.2 Å². The lowest BCUT2D eigenvalue weighted by Crippen LogP contribution is -2.36. The molecule has 0 atom stereocenters. The maximum absolute atomic E-state index is 12.6. The Morgan fingerprint density at radius 2 is 1.81 bits per heavy atom. The lowest BCUT2D eigenvalue weighted by atomic mass is 10.1. The van der Waals surface area contributed by atoms with Gasteiger partial charge in [0.2, 0.25) is 11.8 Å². The Morgan fingerprint density at radius 1 is 1.13 bits per heavy atom. The third-order valence-corrected chi connectivity index (χ3v) is 5.59. The van der Waals surface area contributed by atoms with Gasteiger partial charge in [0.1, 0.15) is 0 Å². The molecule has 2 amide bonds. The molecule has 1 aromatic heterocycles. The molecule has 0 saturated carbocycles. The average molecular weight is 485 g/mol. The number of carbonyl (C=O) groups is 2. The smallest absolute Gasteiger partial charge is 0.261 e. The van der Waals surface area contributed by atoms with E-state index in [0.717, 1.165) is 26.9 Å². The van der Waals surface area contributed by atoms with Crippen LogP contribution in [0.1, 0.15) is 23.1 Å². The van der Waals surface area contributed by atoms with Crippen LogP contribution >= 0.6 is 15.9 Å². The van der Waals surface area contributed by atoms with Crippen LogP contribution in [0.2, 0.25) is 0 Å². The molecule has 31 heavy (non-hydrogen) atoms. The van der Waals surface area contributed by atoms with Crippen LogP contribution in [0.5, 0.6) is 0 Å². The molecule has 8 heteroatoms. The fraction of sp³-hybridized carbons (Fsp3) is 0.304. The zero-order valence-corrected chi connectivity index (χ0v) is 19.6. The molecule has 162 valence electrons. The highest BCUT2D eigenvalue weighted by molar-refractivity contribution is 9.10. The van der Waals surface area contributed by atoms with Gasteiger partial charge in [-0.3, -0.25) is 19.0 Å². The minimum absolute atomic E-state index is 0.0661. The Bertz CT molecular complexity index is 1200. The number of anilines is 1. The molecule has 0 aliphatic carbocycles. The van der Waals surface area contributed by atoms with Gasteiger partial charge in [-0.1, -0.05) is 33.6 Å². The standard InChI is InChI=1S/C23H25BrN4O3/c1-14-9-15(2)22(16(3)10-14)26-20(29)12-27(4)21(30)7-8-28-13-25-19-6-5-17(24)11-18(19)23(28)31/h5-6,9-11,13H,7-8,12H2,1-4H3,(H,26,29). The minimum atomic E-state index is -0.264. The van der Waals surface area contributed by atoms with E-state index >= 15 is 0 Å². The quantitative estimate of drug-likeness (QED) is 0.579. The number of nitrogens with zero attached hydrogens (tertiary/aromatic N) is 3. The molecule has 3 rings (SSSR count). The van der Waals surface area contributed by atoms with Crippen LogP contribution in [-0.2, 0) is 16.1 Å². The van der Waals surface area contributed by atoms with E-state index in [1.54, 1.807) is 19.2 Å². The van der Waals surface area contributed by atoms with Crippen LogP contribution in [0.3, 0.4) is 0 Å². The molecule has 1 N–H and O–H groups in total. The maximum Gasteiger partial charge on any atom is 0.261 e. The largest absolute Gasteiger partial charge is 0.336 e. The number of amides is 2. The van der Waals surface area contributed by atoms with Gasteiger partial charge in [0.25, 0.3) is 5.56 Å². The van der Waals surface area contributed by atoms with E-state index in [1.807, 2.05) is 39.0 Å². The summed E-state index contributed by atoms with van der Waals surface area (Å²) in [5, 5.41) is 3.38. The summed E-state index contributed by atoms with van der Waals surface area (Å²) in [6, 6.07) is 9.31. The summed E-state index contributed by atoms with van der Waals surface area (Å²) >= 11 is 3.36. The van der Waals surface area contributed by atoms with Crippen molar-refractivity contribution in [2.24, 2.45) is 0 Å². The molecule has 0 spiro atoms. The first-order chi connectivity index (χ1) is 14.7. The number of aromatic nitrogens is 2. The first-order valence-corrected chi connectivity index (χ1v) is 10.7. The highest BCUT2D eigenvalue weighted by atomic mass is 79.9. The monoisotopic (exact) mass is 484 g/mol. The van der Waals surface area contributed by atoms with E-state index in [9.17, 15) is 14.4 Å². The Morgan fingerprint density at radius 3 is 2.48 bits per heavy atom. The normalized spacial score (nSPS) is 10.9. The predicted molar refractivity (Wildman–Crippen MR) is 125 cm³/mol. The number of halogens is 1. The molecular weight excluding hydrogens is 460 g/mol. The predicted octanol–water partition coefficient (Wildman–Crippen LogP) is 3.57. The first-order valence-electron chi connectivity index (χ1n) is 9.92. The number of aryl methyl sites for hydroxylation is 4. The summed E-state index contributed by atoms with van der Waals surface area (Å²) in [6.07, 6.45) is 1.54. The van der Waals surface area contributed by atoms with Crippen molar-refractivity contribution in [3.63, 3.8) is 0 Å². The molecule has 0 bridgehead atoms. The summed E-state index contributed by atoms with van der Waals surface area (Å²) in [6.45, 7) is 6.02. The van der Waals surface area contributed by atoms with Crippen LogP contribution in [0, 0.1) is 20.8 Å². The van der Waals surface area contributed by atoms with E-state index in [1.165, 1.54) is 15.8 Å². The van der Waals surface area contributed by atoms with Crippen molar-refractivity contribution >= 4 is 44.3 Å². The summed E-state index contributed by atoms with van der Waals surface area (Å²) in [4.78, 5) is 43.3. The molecule has 0 unspecified atom stereocenters. The van der Waals surface area contributed by atoms with Crippen molar-refractivity contribution in [3.05, 3.63) is 68.2 Å². The second-order valence-electron chi connectivity index (χ2n) is 7.73. The third kappa shape index (κ3) is 5.38. The second kappa shape index (κ2) is 9.43. The summed E-state index contributed by atoms with van der Waals surface area (Å²) in [5.41, 5.74) is 4.27. The molecule has 0 aliphatic heterocycles. The molecule has 0 aliphatic rings. The highest BCUT2D eigenvalue weighted by Gasteiger charge is 2.15. The lowest BCUT2D eigenvalue weighted by molar-refractivity contribution is -0.133. The topological polar surface area (TPSA) is 84.3 Å². The Kier molecular flexibility index (Phi) is 6.90. The van der Waals surface area contributed by atoms with Gasteiger partial charge in [-0.25, -0.2) is 4.98 Å². The number of carbonyl (C=O) groups excluding carboxylic acids is 2. The van der Waals surface area contributed by atoms with Gasteiger partial charge in [0.15, 0.2) is 0 Å². The molecule has 0 saturated heterocycles. The molecule has 2 aromatic carbocycles. The number of hydrogen-bond donors (Lipinski definition) is 1. The third-order valence-electron chi connectivity index (χ3n) is 5.10. The molecule has 0 radical (unpaired) electrons. The van der Waals surface area contributed by atoms with E-state index in [4.69, 9.17) is 0 Å². The Hall–Kier alpha value is -3.00. The number of rotatable bonds is 6. The number of nitrogens with one attached hydrogen (secondary N) is 1. The Labute approximate surface area is 189 Å². The van der Waals surface area contributed by atoms with Crippen molar-refractivity contribution in [2.75, 3.05) is 18.9 Å². The summed E-state index contributed by atoms with van der Waals surface area (Å²) in [7, 11) is 1.58. The summed E-state index contributed by atoms with van der Waals surface area (Å²) < 4.78 is 2.21. The fourth-order valence-electron chi connectivity index (χ4n) is 3.56. The van der Waals surface area contributed by atoms with E-state index in [0.29, 0.717) is 10.9 Å². The van der Waals surface area contributed by atoms with Gasteiger partial charge in [-0.15, -0.1) is 0 Å². The zero-order valence-electron chi connectivity index (χ0n) is 18.0. The number of fused-ring (bicyclic) bond motifs is 1. The number of benzene rings is 2. The van der Waals surface area contributed by atoms with Crippen molar-refractivity contribution < 1.29 is 9.59 Å². The molecule has 7 nitrogen and oxygen atoms in total. The average Bonchev–Trinajstić information content (AvgIpc) is 2.70. The number of likely N-dealkylation sites (N-methyl/N-ethyl adjacent to an activating group) is 1. The van der Waals surface area contributed by atoms with Crippen molar-refractivity contribution in [2.45, 2.75) is 33.7 Å². The van der Waals surface area contributed by atoms with Gasteiger partial charge >= 0.3 is 0 Å². The van der Waals surface area contributed by atoms with Crippen molar-refractivity contribution in [1.29, 1.82) is 0 Å². The van der Waals surface area contributed by atoms with Crippen molar-refractivity contribution in [3.8, 4) is 0 Å². The first kappa shape index (κ1) is 22.7. The molecule has 0 fully saturated rings. The van der Waals surface area contributed by atoms with E-state index < -0.39 is 0 Å². The molecule has 3 aromatic rings. The summed E-state index contributed by atoms with van der Waals surface area (Å²) in [5.74, 6) is -0.492. The van der Waals surface area contributed by atoms with Crippen LogP contribution < -0.4 is 10.9 Å². The van der Waals surface area contributed by atoms with Crippen LogP contribution in [0.4, 0.5) is 5.69 Å². The van der Waals surface area contributed by atoms with Gasteiger partial charge < -0.3 is 10.2 Å². The van der Waals surface area contributed by atoms with Crippen LogP contribution in [0.25, 0.3) is 10.9 Å². The van der Waals surface area contributed by atoms with Gasteiger partial charge in [0, 0.05) is 30.2 Å². The fourth-order valence-corrected chi connectivity index (χ4v) is 3.92. The highest BCUT2D eigenvalue weighted by Crippen LogP contribution is 2.21. The van der Waals surface area contributed by atoms with Crippen LogP contribution in [0.15, 0.2) is 45.9 Å². The lowest BCUT2D eigenvalue weighted by Gasteiger charge is -2.19. The number of hydrogen-bond acceptors (Lipinski definition) is 4. The van der Waals surface area contributed by atoms with Gasteiger partial charge in [-0.05, 0) is 50.1 Å². The van der Waals surface area contributed by atoms with Crippen molar-refractivity contribution in [1.82, 2.24) is 14.5 Å². The van der Waals surface area contributed by atoms with Gasteiger partial charge in [-0.2, -0.15) is 0 Å². The SMILES string of the molecule is Cc1cc(C)c(NC(=O)CN(C)C(=O)CCn2cnc3ccc(Br)cc3c2=O)c(C)c1.